The van der Waals surface area contributed by atoms with Crippen molar-refractivity contribution in [3.05, 3.63) is 119 Å². The predicted octanol–water partition coefficient (Wildman–Crippen LogP) is 6.61. The fourth-order valence-electron chi connectivity index (χ4n) is 4.65. The van der Waals surface area contributed by atoms with Crippen molar-refractivity contribution in [1.29, 1.82) is 0 Å². The number of anilines is 1. The summed E-state index contributed by atoms with van der Waals surface area (Å²) >= 11 is 0.922. The number of aryl methyl sites for hydroxylation is 1. The molecule has 1 fully saturated rings. The van der Waals surface area contributed by atoms with E-state index in [2.05, 4.69) is 11.6 Å². The summed E-state index contributed by atoms with van der Waals surface area (Å²) in [6.07, 6.45) is 1.44. The van der Waals surface area contributed by atoms with E-state index in [1.807, 2.05) is 25.1 Å². The Hall–Kier alpha value is -5.22. The van der Waals surface area contributed by atoms with E-state index < -0.39 is 23.7 Å². The SMILES string of the molecule is C=CCOC(=O)c1sc(N2C(=O)C(=O)/C(=C(/O)c3cccc(OCC)c3)C2c2cccc(Oc3ccccc3)c2)nc1C. The molecule has 4 aromatic rings. The van der Waals surface area contributed by atoms with Gasteiger partial charge in [-0.05, 0) is 55.8 Å². The van der Waals surface area contributed by atoms with Gasteiger partial charge in [-0.15, -0.1) is 0 Å². The monoisotopic (exact) mass is 596 g/mol. The molecule has 2 heterocycles. The highest BCUT2D eigenvalue weighted by Crippen LogP contribution is 2.45. The molecule has 0 bridgehead atoms. The minimum atomic E-state index is -1.09. The zero-order chi connectivity index (χ0) is 30.5. The van der Waals surface area contributed by atoms with Crippen LogP contribution in [0.4, 0.5) is 5.13 Å². The van der Waals surface area contributed by atoms with Crippen LogP contribution >= 0.6 is 11.3 Å². The molecule has 9 nitrogen and oxygen atoms in total. The first-order chi connectivity index (χ1) is 20.8. The minimum absolute atomic E-state index is 0.00500. The van der Waals surface area contributed by atoms with E-state index in [1.54, 1.807) is 67.6 Å². The maximum Gasteiger partial charge on any atom is 0.350 e. The molecule has 5 rings (SSSR count). The molecule has 1 aliphatic rings. The van der Waals surface area contributed by atoms with Crippen LogP contribution in [0.2, 0.25) is 0 Å². The quantitative estimate of drug-likeness (QED) is 0.0715. The number of benzene rings is 3. The number of nitrogens with zero attached hydrogens (tertiary/aromatic N) is 2. The van der Waals surface area contributed by atoms with Gasteiger partial charge in [0.25, 0.3) is 5.78 Å². The number of rotatable bonds is 10. The van der Waals surface area contributed by atoms with E-state index >= 15 is 0 Å². The number of ketones is 1. The molecule has 43 heavy (non-hydrogen) atoms. The summed E-state index contributed by atoms with van der Waals surface area (Å²) in [5.41, 5.74) is 0.980. The molecule has 10 heteroatoms. The second-order valence-corrected chi connectivity index (χ2v) is 10.4. The van der Waals surface area contributed by atoms with Crippen molar-refractivity contribution in [3.8, 4) is 17.2 Å². The molecule has 218 valence electrons. The molecular formula is C33H28N2O7S. The molecule has 0 aliphatic carbocycles. The average Bonchev–Trinajstić information content (AvgIpc) is 3.52. The van der Waals surface area contributed by atoms with Crippen LogP contribution in [-0.2, 0) is 14.3 Å². The highest BCUT2D eigenvalue weighted by Gasteiger charge is 2.48. The molecule has 1 atom stereocenters. The summed E-state index contributed by atoms with van der Waals surface area (Å²) in [6.45, 7) is 7.41. The average molecular weight is 597 g/mol. The molecule has 1 aromatic heterocycles. The van der Waals surface area contributed by atoms with Crippen LogP contribution in [0.15, 0.2) is 97.1 Å². The molecule has 1 saturated heterocycles. The van der Waals surface area contributed by atoms with Gasteiger partial charge in [0.05, 0.1) is 23.9 Å². The lowest BCUT2D eigenvalue weighted by molar-refractivity contribution is -0.132. The van der Waals surface area contributed by atoms with Crippen molar-refractivity contribution in [2.24, 2.45) is 0 Å². The minimum Gasteiger partial charge on any atom is -0.507 e. The van der Waals surface area contributed by atoms with Crippen LogP contribution in [-0.4, -0.2) is 41.0 Å². The summed E-state index contributed by atoms with van der Waals surface area (Å²) < 4.78 is 16.8. The van der Waals surface area contributed by atoms with Crippen LogP contribution in [0.1, 0.15) is 39.5 Å². The molecule has 1 N–H and O–H groups in total. The number of esters is 1. The number of aliphatic hydroxyl groups is 1. The van der Waals surface area contributed by atoms with Gasteiger partial charge in [0, 0.05) is 5.56 Å². The van der Waals surface area contributed by atoms with Gasteiger partial charge in [0.2, 0.25) is 0 Å². The van der Waals surface area contributed by atoms with Crippen LogP contribution in [0.3, 0.4) is 0 Å². The maximum atomic E-state index is 13.7. The maximum absolute atomic E-state index is 13.7. The third kappa shape index (κ3) is 6.05. The number of aliphatic hydroxyl groups excluding tert-OH is 1. The molecule has 3 aromatic carbocycles. The molecule has 1 aliphatic heterocycles. The number of para-hydroxylation sites is 1. The van der Waals surface area contributed by atoms with Crippen LogP contribution in [0, 0.1) is 6.92 Å². The number of aromatic nitrogens is 1. The number of amides is 1. The van der Waals surface area contributed by atoms with Gasteiger partial charge in [-0.3, -0.25) is 14.5 Å². The summed E-state index contributed by atoms with van der Waals surface area (Å²) in [7, 11) is 0. The molecule has 1 amide bonds. The molecule has 1 unspecified atom stereocenters. The van der Waals surface area contributed by atoms with E-state index in [-0.39, 0.29) is 27.9 Å². The topological polar surface area (TPSA) is 115 Å². The summed E-state index contributed by atoms with van der Waals surface area (Å²) in [6, 6.07) is 21.6. The third-order valence-corrected chi connectivity index (χ3v) is 7.66. The number of thiazole rings is 1. The van der Waals surface area contributed by atoms with Gasteiger partial charge in [-0.1, -0.05) is 66.5 Å². The zero-order valence-corrected chi connectivity index (χ0v) is 24.3. The Morgan fingerprint density at radius 2 is 1.74 bits per heavy atom. The van der Waals surface area contributed by atoms with E-state index in [9.17, 15) is 19.5 Å². The standard InChI is InChI=1S/C33H28N2O7S/c1-4-17-41-32(39)30-20(3)34-33(43-30)35-27(21-11-9-16-25(18-21)42-23-13-7-6-8-14-23)26(29(37)31(35)38)28(36)22-12-10-15-24(19-22)40-5-2/h4,6-16,18-19,27,36H,1,5,17H2,2-3H3/b28-26+. The fourth-order valence-corrected chi connectivity index (χ4v) is 5.64. The molecule has 0 saturated carbocycles. The van der Waals surface area contributed by atoms with Gasteiger partial charge < -0.3 is 19.3 Å². The first-order valence-corrected chi connectivity index (χ1v) is 14.3. The van der Waals surface area contributed by atoms with Crippen LogP contribution in [0.25, 0.3) is 5.76 Å². The van der Waals surface area contributed by atoms with Gasteiger partial charge in [-0.2, -0.15) is 0 Å². The Morgan fingerprint density at radius 1 is 1.02 bits per heavy atom. The highest BCUT2D eigenvalue weighted by atomic mass is 32.1. The largest absolute Gasteiger partial charge is 0.507 e. The number of carbonyl (C=O) groups excluding carboxylic acids is 3. The fraction of sp³-hybridized carbons (Fsp3) is 0.152. The summed E-state index contributed by atoms with van der Waals surface area (Å²) in [5, 5.41) is 11.6. The third-order valence-electron chi connectivity index (χ3n) is 6.52. The Morgan fingerprint density at radius 3 is 2.49 bits per heavy atom. The van der Waals surface area contributed by atoms with E-state index in [0.29, 0.717) is 40.7 Å². The Balaban J connectivity index is 1.65. The van der Waals surface area contributed by atoms with Crippen molar-refractivity contribution < 1.29 is 33.7 Å². The number of hydrogen-bond donors (Lipinski definition) is 1. The normalized spacial score (nSPS) is 15.8. The van der Waals surface area contributed by atoms with Crippen molar-refractivity contribution in [2.45, 2.75) is 19.9 Å². The van der Waals surface area contributed by atoms with E-state index in [0.717, 1.165) is 11.3 Å². The molecule has 0 radical (unpaired) electrons. The highest BCUT2D eigenvalue weighted by molar-refractivity contribution is 7.17. The summed E-state index contributed by atoms with van der Waals surface area (Å²) in [4.78, 5) is 45.8. The smallest absolute Gasteiger partial charge is 0.350 e. The zero-order valence-electron chi connectivity index (χ0n) is 23.5. The van der Waals surface area contributed by atoms with Crippen LogP contribution < -0.4 is 14.4 Å². The lowest BCUT2D eigenvalue weighted by Gasteiger charge is -2.23. The van der Waals surface area contributed by atoms with Gasteiger partial charge >= 0.3 is 11.9 Å². The van der Waals surface area contributed by atoms with Crippen molar-refractivity contribution in [3.63, 3.8) is 0 Å². The first kappa shape index (κ1) is 29.3. The second-order valence-electron chi connectivity index (χ2n) is 9.42. The van der Waals surface area contributed by atoms with Crippen molar-refractivity contribution in [2.75, 3.05) is 18.1 Å². The molecule has 0 spiro atoms. The van der Waals surface area contributed by atoms with Crippen LogP contribution in [0.5, 0.6) is 17.2 Å². The Bertz CT molecular complexity index is 1730. The van der Waals surface area contributed by atoms with Crippen molar-refractivity contribution in [1.82, 2.24) is 4.98 Å². The Kier molecular flexibility index (Phi) is 8.68. The second kappa shape index (κ2) is 12.7. The number of hydrogen-bond acceptors (Lipinski definition) is 9. The van der Waals surface area contributed by atoms with Gasteiger partial charge in [0.1, 0.15) is 34.5 Å². The lowest BCUT2D eigenvalue weighted by atomic mass is 9.95. The summed E-state index contributed by atoms with van der Waals surface area (Å²) in [5.74, 6) is -1.25. The van der Waals surface area contributed by atoms with Gasteiger partial charge in [-0.25, -0.2) is 9.78 Å². The van der Waals surface area contributed by atoms with Gasteiger partial charge in [0.15, 0.2) is 5.13 Å². The number of Topliss-reactive ketones (excluding diaryl/α,β-unsaturated/α-hetero) is 1. The Labute approximate surface area is 252 Å². The molecular weight excluding hydrogens is 568 g/mol. The predicted molar refractivity (Wildman–Crippen MR) is 163 cm³/mol. The first-order valence-electron chi connectivity index (χ1n) is 13.4. The number of carbonyl (C=O) groups is 3. The number of ether oxygens (including phenoxy) is 3. The van der Waals surface area contributed by atoms with E-state index in [4.69, 9.17) is 14.2 Å². The van der Waals surface area contributed by atoms with Crippen molar-refractivity contribution >= 4 is 39.9 Å². The van der Waals surface area contributed by atoms with E-state index in [1.165, 1.54) is 11.0 Å². The lowest BCUT2D eigenvalue weighted by Crippen LogP contribution is -2.29.